The van der Waals surface area contributed by atoms with E-state index >= 15 is 0 Å². The first-order chi connectivity index (χ1) is 18.5. The first kappa shape index (κ1) is 25.0. The van der Waals surface area contributed by atoms with Crippen LogP contribution in [0, 0.1) is 17.4 Å². The maximum Gasteiger partial charge on any atom is 0.318 e. The highest BCUT2D eigenvalue weighted by molar-refractivity contribution is 6.36. The summed E-state index contributed by atoms with van der Waals surface area (Å²) in [5.41, 5.74) is 3.34. The maximum absolute atomic E-state index is 9.13. The van der Waals surface area contributed by atoms with Gasteiger partial charge in [-0.2, -0.15) is 15.2 Å². The summed E-state index contributed by atoms with van der Waals surface area (Å²) < 4.78 is 6.25. The van der Waals surface area contributed by atoms with E-state index < -0.39 is 0 Å². The number of hydrogen-bond acceptors (Lipinski definition) is 8. The summed E-state index contributed by atoms with van der Waals surface area (Å²) in [7, 11) is 4.26. The van der Waals surface area contributed by atoms with Crippen molar-refractivity contribution in [3.8, 4) is 12.2 Å². The molecule has 9 heteroatoms. The van der Waals surface area contributed by atoms with E-state index in [-0.39, 0.29) is 0 Å². The van der Waals surface area contributed by atoms with Gasteiger partial charge in [0.15, 0.2) is 6.19 Å². The molecule has 38 heavy (non-hydrogen) atoms. The summed E-state index contributed by atoms with van der Waals surface area (Å²) in [5.74, 6) is 1.41. The number of nitriles is 1. The molecule has 1 unspecified atom stereocenters. The van der Waals surface area contributed by atoms with Crippen molar-refractivity contribution in [2.75, 3.05) is 63.2 Å². The fraction of sp³-hybridized carbons (Fsp3) is 0.483. The predicted octanol–water partition coefficient (Wildman–Crippen LogP) is 4.17. The molecular formula is C29H34ClN7O. The molecule has 198 valence electrons. The predicted molar refractivity (Wildman–Crippen MR) is 151 cm³/mol. The van der Waals surface area contributed by atoms with Gasteiger partial charge in [-0.15, -0.1) is 0 Å². The quantitative estimate of drug-likeness (QED) is 0.421. The van der Waals surface area contributed by atoms with Crippen LogP contribution in [0.5, 0.6) is 6.01 Å². The molecule has 0 amide bonds. The average Bonchev–Trinajstić information content (AvgIpc) is 3.32. The van der Waals surface area contributed by atoms with Crippen LogP contribution in [-0.2, 0) is 13.0 Å². The summed E-state index contributed by atoms with van der Waals surface area (Å²) in [6.45, 7) is 5.71. The number of hydrogen-bond donors (Lipinski definition) is 0. The number of likely N-dealkylation sites (N-methyl/N-ethyl adjacent to an activating group) is 1. The Morgan fingerprint density at radius 3 is 2.74 bits per heavy atom. The second-order valence-corrected chi connectivity index (χ2v) is 11.3. The molecule has 0 aliphatic carbocycles. The van der Waals surface area contributed by atoms with Gasteiger partial charge in [0.05, 0.1) is 17.3 Å². The lowest BCUT2D eigenvalue weighted by Gasteiger charge is -2.38. The Morgan fingerprint density at radius 1 is 1.16 bits per heavy atom. The zero-order chi connectivity index (χ0) is 26.2. The van der Waals surface area contributed by atoms with Crippen LogP contribution in [0.1, 0.15) is 24.1 Å². The highest BCUT2D eigenvalue weighted by atomic mass is 35.5. The first-order valence-electron chi connectivity index (χ1n) is 13.5. The molecule has 0 bridgehead atoms. The van der Waals surface area contributed by atoms with Crippen molar-refractivity contribution < 1.29 is 4.74 Å². The molecule has 1 aromatic heterocycles. The zero-order valence-corrected chi connectivity index (χ0v) is 22.9. The molecule has 0 radical (unpaired) electrons. The molecule has 4 heterocycles. The minimum absolute atomic E-state index is 0.400. The van der Waals surface area contributed by atoms with Gasteiger partial charge in [0.25, 0.3) is 0 Å². The second kappa shape index (κ2) is 10.5. The molecule has 0 saturated carbocycles. The van der Waals surface area contributed by atoms with Gasteiger partial charge in [0, 0.05) is 61.8 Å². The standard InChI is InChI=1S/C29H34ClN7O/c1-34-12-5-8-22(34)18-38-29-32-25-17-37(26-10-4-7-21-6-3-9-24(30)27(21)26)13-11-23(25)28(33-29)35(2)14-20-15-36(16-20)19-31/h3-4,6-7,9-10,20,22H,5,8,11-18H2,1-2H3. The van der Waals surface area contributed by atoms with Crippen molar-refractivity contribution in [2.24, 2.45) is 5.92 Å². The highest BCUT2D eigenvalue weighted by Gasteiger charge is 2.31. The first-order valence-corrected chi connectivity index (χ1v) is 13.9. The van der Waals surface area contributed by atoms with Crippen LogP contribution >= 0.6 is 11.6 Å². The number of likely N-dealkylation sites (tertiary alicyclic amines) is 2. The third kappa shape index (κ3) is 4.81. The Kier molecular flexibility index (Phi) is 6.89. The van der Waals surface area contributed by atoms with Gasteiger partial charge in [0.2, 0.25) is 0 Å². The van der Waals surface area contributed by atoms with Crippen molar-refractivity contribution in [3.05, 3.63) is 52.7 Å². The van der Waals surface area contributed by atoms with Gasteiger partial charge in [-0.05, 0) is 50.4 Å². The van der Waals surface area contributed by atoms with E-state index in [0.717, 1.165) is 78.6 Å². The SMILES string of the molecule is CN(CC1CN(C#N)C1)c1nc(OCC2CCCN2C)nc2c1CCN(c1cccc3cccc(Cl)c13)C2. The van der Waals surface area contributed by atoms with Crippen LogP contribution in [0.4, 0.5) is 11.5 Å². The molecule has 0 spiro atoms. The molecule has 3 aliphatic heterocycles. The maximum atomic E-state index is 9.13. The molecule has 1 atom stereocenters. The van der Waals surface area contributed by atoms with Crippen LogP contribution in [0.2, 0.25) is 5.02 Å². The van der Waals surface area contributed by atoms with Crippen molar-refractivity contribution in [3.63, 3.8) is 0 Å². The third-order valence-electron chi connectivity index (χ3n) is 8.26. The van der Waals surface area contributed by atoms with Gasteiger partial charge in [0.1, 0.15) is 12.4 Å². The van der Waals surface area contributed by atoms with Crippen LogP contribution in [0.15, 0.2) is 36.4 Å². The van der Waals surface area contributed by atoms with E-state index in [1.165, 1.54) is 12.0 Å². The highest BCUT2D eigenvalue weighted by Crippen LogP contribution is 2.37. The molecule has 3 aliphatic rings. The number of fused-ring (bicyclic) bond motifs is 2. The Bertz CT molecular complexity index is 1360. The Balaban J connectivity index is 1.30. The summed E-state index contributed by atoms with van der Waals surface area (Å²) in [6.07, 6.45) is 5.42. The van der Waals surface area contributed by atoms with Crippen LogP contribution in [-0.4, -0.2) is 79.2 Å². The molecule has 2 fully saturated rings. The van der Waals surface area contributed by atoms with Crippen LogP contribution in [0.3, 0.4) is 0 Å². The minimum Gasteiger partial charge on any atom is -0.462 e. The number of nitrogens with zero attached hydrogens (tertiary/aromatic N) is 7. The van der Waals surface area contributed by atoms with Crippen LogP contribution in [0.25, 0.3) is 10.8 Å². The Morgan fingerprint density at radius 2 is 1.97 bits per heavy atom. The largest absolute Gasteiger partial charge is 0.462 e. The van der Waals surface area contributed by atoms with Crippen molar-refractivity contribution >= 4 is 33.9 Å². The lowest BCUT2D eigenvalue weighted by atomic mass is 9.99. The minimum atomic E-state index is 0.400. The zero-order valence-electron chi connectivity index (χ0n) is 22.1. The lowest BCUT2D eigenvalue weighted by molar-refractivity contribution is 0.175. The number of anilines is 2. The van der Waals surface area contributed by atoms with Gasteiger partial charge in [-0.25, -0.2) is 0 Å². The number of halogens is 1. The second-order valence-electron chi connectivity index (χ2n) is 10.9. The van der Waals surface area contributed by atoms with E-state index in [0.29, 0.717) is 31.1 Å². The summed E-state index contributed by atoms with van der Waals surface area (Å²) in [6, 6.07) is 13.3. The van der Waals surface area contributed by atoms with Crippen molar-refractivity contribution in [1.29, 1.82) is 5.26 Å². The molecular weight excluding hydrogens is 498 g/mol. The monoisotopic (exact) mass is 531 g/mol. The molecule has 2 aromatic carbocycles. The van der Waals surface area contributed by atoms with E-state index in [9.17, 15) is 0 Å². The molecule has 0 N–H and O–H groups in total. The number of rotatable bonds is 7. The molecule has 8 nitrogen and oxygen atoms in total. The van der Waals surface area contributed by atoms with E-state index in [1.807, 2.05) is 12.1 Å². The fourth-order valence-electron chi connectivity index (χ4n) is 6.12. The normalized spacial score (nSPS) is 19.8. The van der Waals surface area contributed by atoms with Gasteiger partial charge in [-0.1, -0.05) is 35.9 Å². The topological polar surface area (TPSA) is 71.8 Å². The number of ether oxygens (including phenoxy) is 1. The van der Waals surface area contributed by atoms with Gasteiger partial charge in [-0.3, -0.25) is 0 Å². The van der Waals surface area contributed by atoms with Crippen molar-refractivity contribution in [2.45, 2.75) is 31.8 Å². The molecule has 6 rings (SSSR count). The number of benzene rings is 2. The number of aromatic nitrogens is 2. The van der Waals surface area contributed by atoms with Crippen LogP contribution < -0.4 is 14.5 Å². The fourth-order valence-corrected chi connectivity index (χ4v) is 6.39. The Hall–Kier alpha value is -3.28. The van der Waals surface area contributed by atoms with E-state index in [2.05, 4.69) is 59.3 Å². The van der Waals surface area contributed by atoms with Gasteiger partial charge < -0.3 is 24.3 Å². The van der Waals surface area contributed by atoms with E-state index in [1.54, 1.807) is 4.90 Å². The van der Waals surface area contributed by atoms with E-state index in [4.69, 9.17) is 31.6 Å². The molecule has 3 aromatic rings. The summed E-state index contributed by atoms with van der Waals surface area (Å²) in [4.78, 5) is 18.7. The smallest absolute Gasteiger partial charge is 0.318 e. The van der Waals surface area contributed by atoms with Crippen molar-refractivity contribution in [1.82, 2.24) is 19.8 Å². The lowest BCUT2D eigenvalue weighted by Crippen LogP contribution is -2.48. The summed E-state index contributed by atoms with van der Waals surface area (Å²) >= 11 is 6.67. The third-order valence-corrected chi connectivity index (χ3v) is 8.58. The molecule has 2 saturated heterocycles. The average molecular weight is 532 g/mol. The Labute approximate surface area is 229 Å². The van der Waals surface area contributed by atoms with Gasteiger partial charge >= 0.3 is 6.01 Å². The summed E-state index contributed by atoms with van der Waals surface area (Å²) in [5, 5.41) is 12.1.